The summed E-state index contributed by atoms with van der Waals surface area (Å²) in [5.74, 6) is 0.836. The Balaban J connectivity index is 1.50. The Morgan fingerprint density at radius 2 is 1.88 bits per heavy atom. The first-order valence-corrected chi connectivity index (χ1v) is 12.4. The predicted molar refractivity (Wildman–Crippen MR) is 132 cm³/mol. The third-order valence-corrected chi connectivity index (χ3v) is 6.86. The van der Waals surface area contributed by atoms with E-state index in [-0.39, 0.29) is 11.9 Å². The number of hydrogen-bond donors (Lipinski definition) is 2. The van der Waals surface area contributed by atoms with Crippen LogP contribution in [0.25, 0.3) is 11.0 Å². The number of halogens is 1. The Hall–Kier alpha value is -2.64. The highest BCUT2D eigenvalue weighted by molar-refractivity contribution is 6.30. The number of nitrogens with one attached hydrogen (secondary N) is 2. The monoisotopic (exact) mass is 466 g/mol. The van der Waals surface area contributed by atoms with Crippen LogP contribution in [0, 0.1) is 0 Å². The lowest BCUT2D eigenvalue weighted by Gasteiger charge is -2.23. The smallest absolute Gasteiger partial charge is 0.272 e. The van der Waals surface area contributed by atoms with Crippen LogP contribution < -0.4 is 15.5 Å². The Morgan fingerprint density at radius 1 is 1.09 bits per heavy atom. The van der Waals surface area contributed by atoms with E-state index in [1.54, 1.807) is 0 Å². The third-order valence-electron chi connectivity index (χ3n) is 6.62. The average Bonchev–Trinajstić information content (AvgIpc) is 2.98. The number of fused-ring (bicyclic) bond motifs is 1. The van der Waals surface area contributed by atoms with Crippen molar-refractivity contribution in [3.63, 3.8) is 0 Å². The molecule has 2 fully saturated rings. The van der Waals surface area contributed by atoms with E-state index in [0.29, 0.717) is 17.3 Å². The maximum atomic E-state index is 13.2. The molecule has 5 rings (SSSR count). The minimum Gasteiger partial charge on any atom is -0.357 e. The van der Waals surface area contributed by atoms with Crippen molar-refractivity contribution < 1.29 is 4.79 Å². The van der Waals surface area contributed by atoms with Crippen LogP contribution in [0.5, 0.6) is 0 Å². The second-order valence-electron chi connectivity index (χ2n) is 9.08. The fourth-order valence-corrected chi connectivity index (χ4v) is 5.04. The van der Waals surface area contributed by atoms with E-state index in [1.807, 2.05) is 41.1 Å². The highest BCUT2D eigenvalue weighted by Crippen LogP contribution is 2.25. The summed E-state index contributed by atoms with van der Waals surface area (Å²) < 4.78 is 1.85. The summed E-state index contributed by atoms with van der Waals surface area (Å²) >= 11 is 6.21. The van der Waals surface area contributed by atoms with Gasteiger partial charge < -0.3 is 15.5 Å². The summed E-state index contributed by atoms with van der Waals surface area (Å²) in [6.07, 6.45) is 6.78. The van der Waals surface area contributed by atoms with Crippen molar-refractivity contribution in [3.8, 4) is 0 Å². The van der Waals surface area contributed by atoms with Gasteiger partial charge in [-0.25, -0.2) is 9.67 Å². The fourth-order valence-electron chi connectivity index (χ4n) is 4.82. The van der Waals surface area contributed by atoms with Crippen molar-refractivity contribution >= 4 is 34.4 Å². The molecule has 2 N–H and O–H groups in total. The summed E-state index contributed by atoms with van der Waals surface area (Å²) in [6.45, 7) is 4.40. The van der Waals surface area contributed by atoms with Crippen LogP contribution in [-0.2, 0) is 6.54 Å². The van der Waals surface area contributed by atoms with E-state index in [1.165, 1.54) is 25.7 Å². The predicted octanol–water partition coefficient (Wildman–Crippen LogP) is 4.00. The molecule has 0 bridgehead atoms. The Kier molecular flexibility index (Phi) is 6.78. The van der Waals surface area contributed by atoms with E-state index < -0.39 is 0 Å². The van der Waals surface area contributed by atoms with Gasteiger partial charge in [0.25, 0.3) is 5.91 Å². The lowest BCUT2D eigenvalue weighted by atomic mass is 10.1. The van der Waals surface area contributed by atoms with Gasteiger partial charge in [0.2, 0.25) is 0 Å². The molecular weight excluding hydrogens is 436 g/mol. The maximum Gasteiger partial charge on any atom is 0.272 e. The van der Waals surface area contributed by atoms with E-state index >= 15 is 0 Å². The fraction of sp³-hybridized carbons (Fsp3) is 0.480. The second-order valence-corrected chi connectivity index (χ2v) is 9.51. The van der Waals surface area contributed by atoms with Gasteiger partial charge in [-0.2, -0.15) is 5.10 Å². The zero-order valence-electron chi connectivity index (χ0n) is 18.9. The molecule has 33 heavy (non-hydrogen) atoms. The van der Waals surface area contributed by atoms with E-state index in [9.17, 15) is 4.79 Å². The molecule has 2 saturated heterocycles. The molecule has 0 aliphatic carbocycles. The van der Waals surface area contributed by atoms with Crippen LogP contribution in [0.15, 0.2) is 36.4 Å². The van der Waals surface area contributed by atoms with Gasteiger partial charge >= 0.3 is 0 Å². The first kappa shape index (κ1) is 22.2. The van der Waals surface area contributed by atoms with Gasteiger partial charge in [-0.05, 0) is 68.6 Å². The minimum atomic E-state index is -0.124. The van der Waals surface area contributed by atoms with Crippen molar-refractivity contribution in [1.29, 1.82) is 0 Å². The zero-order chi connectivity index (χ0) is 22.6. The number of nitrogens with zero attached hydrogens (tertiary/aromatic N) is 4. The number of amides is 1. The first-order valence-electron chi connectivity index (χ1n) is 12.1. The summed E-state index contributed by atoms with van der Waals surface area (Å²) in [6, 6.07) is 12.0. The molecule has 0 radical (unpaired) electrons. The third kappa shape index (κ3) is 5.14. The van der Waals surface area contributed by atoms with E-state index in [4.69, 9.17) is 21.7 Å². The molecule has 4 heterocycles. The number of carbonyl (C=O) groups is 1. The summed E-state index contributed by atoms with van der Waals surface area (Å²) in [4.78, 5) is 20.6. The van der Waals surface area contributed by atoms with Gasteiger partial charge in [0, 0.05) is 24.2 Å². The van der Waals surface area contributed by atoms with Gasteiger partial charge in [0.05, 0.1) is 11.9 Å². The lowest BCUT2D eigenvalue weighted by molar-refractivity contribution is 0.0925. The number of hydrogen-bond acceptors (Lipinski definition) is 5. The molecule has 3 aromatic rings. The molecule has 0 saturated carbocycles. The molecular formula is C25H31ClN6O. The van der Waals surface area contributed by atoms with Crippen molar-refractivity contribution in [2.24, 2.45) is 0 Å². The van der Waals surface area contributed by atoms with Gasteiger partial charge in [-0.3, -0.25) is 4.79 Å². The topological polar surface area (TPSA) is 75.1 Å². The van der Waals surface area contributed by atoms with Crippen LogP contribution in [0.4, 0.5) is 5.82 Å². The lowest BCUT2D eigenvalue weighted by Crippen LogP contribution is -2.42. The Labute approximate surface area is 199 Å². The Morgan fingerprint density at radius 3 is 2.64 bits per heavy atom. The summed E-state index contributed by atoms with van der Waals surface area (Å²) in [5.41, 5.74) is 2.21. The van der Waals surface area contributed by atoms with Crippen LogP contribution in [0.1, 0.15) is 54.6 Å². The number of piperidine rings is 1. The van der Waals surface area contributed by atoms with Gasteiger partial charge in [0.1, 0.15) is 5.82 Å². The normalized spacial score (nSPS) is 17.8. The number of aromatic nitrogens is 3. The molecule has 7 nitrogen and oxygen atoms in total. The molecule has 2 aromatic heterocycles. The molecule has 8 heteroatoms. The molecule has 0 atom stereocenters. The van der Waals surface area contributed by atoms with Crippen molar-refractivity contribution in [1.82, 2.24) is 25.4 Å². The molecule has 2 aliphatic heterocycles. The summed E-state index contributed by atoms with van der Waals surface area (Å²) in [7, 11) is 0. The largest absolute Gasteiger partial charge is 0.357 e. The van der Waals surface area contributed by atoms with Gasteiger partial charge in [-0.1, -0.05) is 36.6 Å². The number of benzene rings is 1. The van der Waals surface area contributed by atoms with Crippen molar-refractivity contribution in [2.45, 2.75) is 51.1 Å². The van der Waals surface area contributed by atoms with Crippen LogP contribution >= 0.6 is 11.6 Å². The number of carbonyl (C=O) groups excluding carboxylic acids is 1. The second kappa shape index (κ2) is 10.1. The zero-order valence-corrected chi connectivity index (χ0v) is 19.7. The highest BCUT2D eigenvalue weighted by Gasteiger charge is 2.23. The molecule has 1 amide bonds. The molecule has 174 valence electrons. The highest BCUT2D eigenvalue weighted by atomic mass is 35.5. The summed E-state index contributed by atoms with van der Waals surface area (Å²) in [5, 5.41) is 12.8. The quantitative estimate of drug-likeness (QED) is 0.594. The van der Waals surface area contributed by atoms with E-state index in [2.05, 4.69) is 15.5 Å². The van der Waals surface area contributed by atoms with Gasteiger partial charge in [-0.15, -0.1) is 0 Å². The molecule has 2 aliphatic rings. The number of pyridine rings is 1. The Bertz CT molecular complexity index is 1120. The molecule has 0 spiro atoms. The molecule has 0 unspecified atom stereocenters. The molecule has 1 aromatic carbocycles. The first-order chi connectivity index (χ1) is 16.2. The number of rotatable bonds is 5. The SMILES string of the molecule is O=C(NC1CCNCC1)c1nn(Cc2cccc(Cl)c2)c2nc(N3CCCCCC3)ccc12. The van der Waals surface area contributed by atoms with Crippen LogP contribution in [-0.4, -0.2) is 52.9 Å². The number of anilines is 1. The standard InChI is InChI=1S/C25H31ClN6O/c26-19-7-5-6-18(16-19)17-32-24-21(8-9-22(29-24)31-14-3-1-2-4-15-31)23(30-32)25(33)28-20-10-12-27-13-11-20/h5-9,16,20,27H,1-4,10-15,17H2,(H,28,33). The maximum absolute atomic E-state index is 13.2. The minimum absolute atomic E-state index is 0.124. The average molecular weight is 467 g/mol. The van der Waals surface area contributed by atoms with E-state index in [0.717, 1.165) is 61.4 Å². The van der Waals surface area contributed by atoms with Crippen molar-refractivity contribution in [2.75, 3.05) is 31.1 Å². The van der Waals surface area contributed by atoms with Crippen LogP contribution in [0.3, 0.4) is 0 Å². The van der Waals surface area contributed by atoms with Crippen LogP contribution in [0.2, 0.25) is 5.02 Å². The van der Waals surface area contributed by atoms with Crippen molar-refractivity contribution in [3.05, 3.63) is 52.7 Å². The van der Waals surface area contributed by atoms with Gasteiger partial charge in [0.15, 0.2) is 11.3 Å².